The second-order valence-corrected chi connectivity index (χ2v) is 7.81. The number of anilines is 3. The zero-order valence-electron chi connectivity index (χ0n) is 16.0. The summed E-state index contributed by atoms with van der Waals surface area (Å²) in [4.78, 5) is 14.3. The highest BCUT2D eigenvalue weighted by atomic mass is 16.7. The summed E-state index contributed by atoms with van der Waals surface area (Å²) in [5.41, 5.74) is 3.60. The molecule has 1 spiro atoms. The molecule has 0 bridgehead atoms. The maximum Gasteiger partial charge on any atom is 0.232 e. The van der Waals surface area contributed by atoms with Gasteiger partial charge in [0.2, 0.25) is 5.95 Å². The molecule has 5 rings (SSSR count). The number of benzene rings is 1. The highest BCUT2D eigenvalue weighted by molar-refractivity contribution is 5.67. The van der Waals surface area contributed by atoms with Gasteiger partial charge >= 0.3 is 0 Å². The van der Waals surface area contributed by atoms with Crippen molar-refractivity contribution in [2.75, 3.05) is 36.1 Å². The fourth-order valence-corrected chi connectivity index (χ4v) is 4.54. The molecule has 0 amide bonds. The minimum Gasteiger partial charge on any atom is -0.356 e. The van der Waals surface area contributed by atoms with Crippen LogP contribution in [0.3, 0.4) is 0 Å². The molecule has 0 aliphatic carbocycles. The molecule has 27 heavy (non-hydrogen) atoms. The minimum absolute atomic E-state index is 0.357. The van der Waals surface area contributed by atoms with Gasteiger partial charge in [-0.1, -0.05) is 18.2 Å². The van der Waals surface area contributed by atoms with E-state index in [1.807, 2.05) is 0 Å². The van der Waals surface area contributed by atoms with Gasteiger partial charge in [0.1, 0.15) is 5.82 Å². The molecule has 2 fully saturated rings. The van der Waals surface area contributed by atoms with E-state index in [9.17, 15) is 0 Å². The van der Waals surface area contributed by atoms with E-state index >= 15 is 0 Å². The molecule has 0 radical (unpaired) electrons. The number of para-hydroxylation sites is 1. The predicted molar refractivity (Wildman–Crippen MR) is 105 cm³/mol. The van der Waals surface area contributed by atoms with Crippen molar-refractivity contribution in [3.8, 4) is 0 Å². The lowest BCUT2D eigenvalue weighted by Crippen LogP contribution is -2.45. The van der Waals surface area contributed by atoms with Gasteiger partial charge in [0, 0.05) is 49.4 Å². The molecule has 3 aliphatic rings. The number of fused-ring (bicyclic) bond motifs is 1. The van der Waals surface area contributed by atoms with Gasteiger partial charge in [-0.2, -0.15) is 4.98 Å². The van der Waals surface area contributed by atoms with E-state index in [1.54, 1.807) is 0 Å². The zero-order valence-corrected chi connectivity index (χ0v) is 16.0. The van der Waals surface area contributed by atoms with Gasteiger partial charge < -0.3 is 19.3 Å². The van der Waals surface area contributed by atoms with Crippen LogP contribution in [0.4, 0.5) is 17.5 Å². The Morgan fingerprint density at radius 1 is 1.07 bits per heavy atom. The van der Waals surface area contributed by atoms with Crippen LogP contribution in [0, 0.1) is 6.92 Å². The molecule has 1 aromatic carbocycles. The maximum atomic E-state index is 5.86. The Labute approximate surface area is 160 Å². The molecule has 3 aliphatic heterocycles. The second kappa shape index (κ2) is 6.46. The molecule has 6 nitrogen and oxygen atoms in total. The molecule has 1 aromatic heterocycles. The van der Waals surface area contributed by atoms with Crippen molar-refractivity contribution in [3.05, 3.63) is 41.6 Å². The number of ether oxygens (including phenoxy) is 2. The number of hydrogen-bond acceptors (Lipinski definition) is 6. The lowest BCUT2D eigenvalue weighted by Gasteiger charge is -2.38. The first-order valence-corrected chi connectivity index (χ1v) is 9.89. The monoisotopic (exact) mass is 366 g/mol. The molecule has 2 aromatic rings. The number of piperidine rings is 1. The van der Waals surface area contributed by atoms with Crippen molar-refractivity contribution in [2.45, 2.75) is 44.9 Å². The van der Waals surface area contributed by atoms with Gasteiger partial charge in [-0.25, -0.2) is 4.98 Å². The van der Waals surface area contributed by atoms with Crippen LogP contribution in [0.5, 0.6) is 0 Å². The van der Waals surface area contributed by atoms with Gasteiger partial charge in [0.05, 0.1) is 13.2 Å². The first-order chi connectivity index (χ1) is 13.1. The summed E-state index contributed by atoms with van der Waals surface area (Å²) >= 11 is 0. The summed E-state index contributed by atoms with van der Waals surface area (Å²) in [6, 6.07) is 11.0. The second-order valence-electron chi connectivity index (χ2n) is 7.81. The van der Waals surface area contributed by atoms with E-state index in [2.05, 4.69) is 54.0 Å². The molecular weight excluding hydrogens is 340 g/mol. The van der Waals surface area contributed by atoms with Crippen LogP contribution < -0.4 is 9.80 Å². The maximum absolute atomic E-state index is 5.86. The van der Waals surface area contributed by atoms with Gasteiger partial charge in [-0.3, -0.25) is 0 Å². The molecule has 6 heteroatoms. The summed E-state index contributed by atoms with van der Waals surface area (Å²) < 4.78 is 11.7. The van der Waals surface area contributed by atoms with Crippen LogP contribution in [-0.2, 0) is 15.9 Å². The van der Waals surface area contributed by atoms with Crippen molar-refractivity contribution < 1.29 is 9.47 Å². The number of aryl methyl sites for hydroxylation is 1. The standard InChI is InChI=1S/C21H26N4O2/c1-15-13-19(24-9-7-21(8-10-24)26-11-12-27-21)23-20(22-15)25-16(2)14-17-5-3-4-6-18(17)25/h3-6,13,16H,7-12,14H2,1-2H3. The molecule has 0 N–H and O–H groups in total. The Morgan fingerprint density at radius 2 is 1.81 bits per heavy atom. The van der Waals surface area contributed by atoms with Crippen LogP contribution in [0.1, 0.15) is 31.0 Å². The quantitative estimate of drug-likeness (QED) is 0.813. The van der Waals surface area contributed by atoms with E-state index in [1.165, 1.54) is 11.3 Å². The lowest BCUT2D eigenvalue weighted by molar-refractivity contribution is -0.169. The number of hydrogen-bond donors (Lipinski definition) is 0. The Bertz CT molecular complexity index is 840. The van der Waals surface area contributed by atoms with Crippen molar-refractivity contribution in [1.82, 2.24) is 9.97 Å². The number of rotatable bonds is 2. The van der Waals surface area contributed by atoms with Crippen LogP contribution in [0.25, 0.3) is 0 Å². The molecule has 142 valence electrons. The average molecular weight is 366 g/mol. The van der Waals surface area contributed by atoms with Crippen LogP contribution in [0.15, 0.2) is 30.3 Å². The summed E-state index contributed by atoms with van der Waals surface area (Å²) in [5.74, 6) is 1.45. The number of nitrogens with zero attached hydrogens (tertiary/aromatic N) is 4. The highest BCUT2D eigenvalue weighted by Gasteiger charge is 2.40. The first kappa shape index (κ1) is 17.0. The topological polar surface area (TPSA) is 50.7 Å². The third kappa shape index (κ3) is 2.97. The molecule has 2 saturated heterocycles. The summed E-state index contributed by atoms with van der Waals surface area (Å²) in [6.45, 7) is 7.50. The molecule has 1 atom stereocenters. The summed E-state index contributed by atoms with van der Waals surface area (Å²) in [5, 5.41) is 0. The predicted octanol–water partition coefficient (Wildman–Crippen LogP) is 3.21. The van der Waals surface area contributed by atoms with Crippen molar-refractivity contribution >= 4 is 17.5 Å². The van der Waals surface area contributed by atoms with E-state index in [0.29, 0.717) is 19.3 Å². The van der Waals surface area contributed by atoms with Crippen LogP contribution >= 0.6 is 0 Å². The Morgan fingerprint density at radius 3 is 2.59 bits per heavy atom. The third-order valence-electron chi connectivity index (χ3n) is 5.91. The SMILES string of the molecule is Cc1cc(N2CCC3(CC2)OCCO3)nc(N2c3ccccc3CC2C)n1. The lowest BCUT2D eigenvalue weighted by atomic mass is 10.0. The van der Waals surface area contributed by atoms with Crippen LogP contribution in [-0.4, -0.2) is 48.1 Å². The van der Waals surface area contributed by atoms with E-state index in [4.69, 9.17) is 19.4 Å². The molecule has 0 saturated carbocycles. The highest BCUT2D eigenvalue weighted by Crippen LogP contribution is 2.38. The van der Waals surface area contributed by atoms with Crippen LogP contribution in [0.2, 0.25) is 0 Å². The summed E-state index contributed by atoms with van der Waals surface area (Å²) in [6.07, 6.45) is 2.80. The van der Waals surface area contributed by atoms with Gasteiger partial charge in [-0.15, -0.1) is 0 Å². The Balaban J connectivity index is 1.42. The molecule has 1 unspecified atom stereocenters. The van der Waals surface area contributed by atoms with E-state index in [-0.39, 0.29) is 5.79 Å². The van der Waals surface area contributed by atoms with E-state index < -0.39 is 0 Å². The van der Waals surface area contributed by atoms with Gasteiger partial charge in [0.15, 0.2) is 5.79 Å². The normalized spacial score (nSPS) is 23.9. The fraction of sp³-hybridized carbons (Fsp3) is 0.524. The minimum atomic E-state index is -0.357. The third-order valence-corrected chi connectivity index (χ3v) is 5.91. The Hall–Kier alpha value is -2.18. The average Bonchev–Trinajstić information content (AvgIpc) is 3.25. The van der Waals surface area contributed by atoms with Crippen molar-refractivity contribution in [1.29, 1.82) is 0 Å². The van der Waals surface area contributed by atoms with E-state index in [0.717, 1.165) is 49.8 Å². The Kier molecular flexibility index (Phi) is 4.06. The van der Waals surface area contributed by atoms with Crippen molar-refractivity contribution in [3.63, 3.8) is 0 Å². The fourth-order valence-electron chi connectivity index (χ4n) is 4.54. The smallest absolute Gasteiger partial charge is 0.232 e. The summed E-state index contributed by atoms with van der Waals surface area (Å²) in [7, 11) is 0. The zero-order chi connectivity index (χ0) is 18.4. The first-order valence-electron chi connectivity index (χ1n) is 9.89. The number of aromatic nitrogens is 2. The van der Waals surface area contributed by atoms with Gasteiger partial charge in [-0.05, 0) is 31.9 Å². The van der Waals surface area contributed by atoms with Gasteiger partial charge in [0.25, 0.3) is 0 Å². The molecule has 4 heterocycles. The molecular formula is C21H26N4O2. The van der Waals surface area contributed by atoms with Crippen molar-refractivity contribution in [2.24, 2.45) is 0 Å². The largest absolute Gasteiger partial charge is 0.356 e.